The number of hydrogen-bond donors (Lipinski definition) is 0. The van der Waals surface area contributed by atoms with Crippen LogP contribution in [0.3, 0.4) is 0 Å². The van der Waals surface area contributed by atoms with Gasteiger partial charge in [-0.2, -0.15) is 0 Å². The molecule has 0 saturated heterocycles. The molecule has 2 aromatic carbocycles. The van der Waals surface area contributed by atoms with E-state index in [0.29, 0.717) is 10.9 Å². The minimum atomic E-state index is 0.206. The molecular weight excluding hydrogens is 316 g/mol. The summed E-state index contributed by atoms with van der Waals surface area (Å²) in [4.78, 5) is 7.07. The highest BCUT2D eigenvalue weighted by molar-refractivity contribution is 6.30. The van der Waals surface area contributed by atoms with Crippen molar-refractivity contribution in [1.82, 2.24) is 0 Å². The average molecular weight is 341 g/mol. The van der Waals surface area contributed by atoms with Gasteiger partial charge in [-0.05, 0) is 74.6 Å². The third-order valence-electron chi connectivity index (χ3n) is 4.90. The third kappa shape index (κ3) is 3.34. The molecule has 0 spiro atoms. The largest absolute Gasteiger partial charge is 0.366 e. The number of aliphatic imine (C=N–C) groups is 1. The predicted octanol–water partition coefficient (Wildman–Crippen LogP) is 6.20. The van der Waals surface area contributed by atoms with E-state index >= 15 is 0 Å². The molecule has 1 atom stereocenters. The Morgan fingerprint density at radius 2 is 2.04 bits per heavy atom. The van der Waals surface area contributed by atoms with Crippen LogP contribution < -0.4 is 4.90 Å². The molecule has 2 nitrogen and oxygen atoms in total. The summed E-state index contributed by atoms with van der Waals surface area (Å²) in [5.74, 6) is 0.553. The van der Waals surface area contributed by atoms with E-state index in [0.717, 1.165) is 17.8 Å². The van der Waals surface area contributed by atoms with Crippen molar-refractivity contribution in [1.29, 1.82) is 0 Å². The third-order valence-corrected chi connectivity index (χ3v) is 5.13. The lowest BCUT2D eigenvalue weighted by atomic mass is 9.79. The van der Waals surface area contributed by atoms with Gasteiger partial charge in [-0.15, -0.1) is 0 Å². The SMILES string of the molecule is CCN1c2ccc(C=Nc3cccc(Cl)c3)cc2C(C)CC1(C)C. The standard InChI is InChI=1S/C21H25ClN2/c1-5-24-20-10-9-16(11-19(20)15(2)13-21(24,3)4)14-23-18-8-6-7-17(22)12-18/h6-12,14-15H,5,13H2,1-4H3. The zero-order valence-electron chi connectivity index (χ0n) is 14.9. The molecule has 2 aromatic rings. The van der Waals surface area contributed by atoms with E-state index in [9.17, 15) is 0 Å². The van der Waals surface area contributed by atoms with Crippen molar-refractivity contribution in [3.63, 3.8) is 0 Å². The maximum Gasteiger partial charge on any atom is 0.0644 e. The number of nitrogens with zero attached hydrogens (tertiary/aromatic N) is 2. The monoisotopic (exact) mass is 340 g/mol. The van der Waals surface area contributed by atoms with E-state index in [1.54, 1.807) is 0 Å². The van der Waals surface area contributed by atoms with Crippen molar-refractivity contribution < 1.29 is 0 Å². The molecule has 0 aliphatic carbocycles. The Kier molecular flexibility index (Phi) is 4.69. The normalized spacial score (nSPS) is 19.5. The minimum Gasteiger partial charge on any atom is -0.366 e. The van der Waals surface area contributed by atoms with Crippen molar-refractivity contribution in [3.05, 3.63) is 58.6 Å². The summed E-state index contributed by atoms with van der Waals surface area (Å²) in [5.41, 5.74) is 5.01. The van der Waals surface area contributed by atoms with Crippen molar-refractivity contribution in [2.45, 2.75) is 45.6 Å². The summed E-state index contributed by atoms with van der Waals surface area (Å²) in [6.45, 7) is 10.3. The van der Waals surface area contributed by atoms with Crippen LogP contribution in [0.4, 0.5) is 11.4 Å². The quantitative estimate of drug-likeness (QED) is 0.607. The fraction of sp³-hybridized carbons (Fsp3) is 0.381. The fourth-order valence-electron chi connectivity index (χ4n) is 3.89. The Labute approximate surface area is 150 Å². The van der Waals surface area contributed by atoms with E-state index < -0.39 is 0 Å². The number of anilines is 1. The Bertz CT molecular complexity index is 764. The Hall–Kier alpha value is -1.80. The number of rotatable bonds is 3. The molecule has 3 rings (SSSR count). The van der Waals surface area contributed by atoms with Gasteiger partial charge >= 0.3 is 0 Å². The van der Waals surface area contributed by atoms with Gasteiger partial charge in [0.1, 0.15) is 0 Å². The number of halogens is 1. The molecular formula is C21H25ClN2. The van der Waals surface area contributed by atoms with Gasteiger partial charge in [-0.1, -0.05) is 30.7 Å². The van der Waals surface area contributed by atoms with Gasteiger partial charge in [0.2, 0.25) is 0 Å². The number of fused-ring (bicyclic) bond motifs is 1. The average Bonchev–Trinajstić information content (AvgIpc) is 2.53. The summed E-state index contributed by atoms with van der Waals surface area (Å²) in [5, 5.41) is 0.713. The first kappa shape index (κ1) is 17.0. The maximum atomic E-state index is 6.02. The molecule has 1 unspecified atom stereocenters. The highest BCUT2D eigenvalue weighted by atomic mass is 35.5. The lowest BCUT2D eigenvalue weighted by Gasteiger charge is -2.47. The van der Waals surface area contributed by atoms with Crippen molar-refractivity contribution in [3.8, 4) is 0 Å². The second-order valence-corrected chi connectivity index (χ2v) is 7.65. The van der Waals surface area contributed by atoms with Gasteiger partial charge in [0.05, 0.1) is 5.69 Å². The zero-order valence-corrected chi connectivity index (χ0v) is 15.6. The molecule has 1 aliphatic rings. The van der Waals surface area contributed by atoms with Gasteiger partial charge in [0.25, 0.3) is 0 Å². The predicted molar refractivity (Wildman–Crippen MR) is 105 cm³/mol. The first-order chi connectivity index (χ1) is 11.4. The summed E-state index contributed by atoms with van der Waals surface area (Å²) in [7, 11) is 0. The Morgan fingerprint density at radius 3 is 2.75 bits per heavy atom. The van der Waals surface area contributed by atoms with Crippen LogP contribution in [0.25, 0.3) is 0 Å². The molecule has 0 amide bonds. The number of benzene rings is 2. The zero-order chi connectivity index (χ0) is 17.3. The molecule has 1 aliphatic heterocycles. The van der Waals surface area contributed by atoms with Crippen LogP contribution in [-0.2, 0) is 0 Å². The van der Waals surface area contributed by atoms with Gasteiger partial charge in [0, 0.05) is 29.0 Å². The van der Waals surface area contributed by atoms with E-state index in [4.69, 9.17) is 11.6 Å². The lowest BCUT2D eigenvalue weighted by molar-refractivity contribution is 0.381. The first-order valence-electron chi connectivity index (χ1n) is 8.62. The summed E-state index contributed by atoms with van der Waals surface area (Å²) < 4.78 is 0. The van der Waals surface area contributed by atoms with Gasteiger partial charge in [0.15, 0.2) is 0 Å². The highest BCUT2D eigenvalue weighted by Crippen LogP contribution is 2.43. The second kappa shape index (κ2) is 6.60. The molecule has 0 fully saturated rings. The summed E-state index contributed by atoms with van der Waals surface area (Å²) >= 11 is 6.02. The van der Waals surface area contributed by atoms with Crippen LogP contribution in [0, 0.1) is 0 Å². The Morgan fingerprint density at radius 1 is 1.25 bits per heavy atom. The molecule has 0 aromatic heterocycles. The van der Waals surface area contributed by atoms with Crippen molar-refractivity contribution in [2.75, 3.05) is 11.4 Å². The smallest absolute Gasteiger partial charge is 0.0644 e. The lowest BCUT2D eigenvalue weighted by Crippen LogP contribution is -2.48. The molecule has 0 N–H and O–H groups in total. The molecule has 3 heteroatoms. The minimum absolute atomic E-state index is 0.206. The molecule has 0 saturated carbocycles. The molecule has 126 valence electrons. The highest BCUT2D eigenvalue weighted by Gasteiger charge is 2.35. The summed E-state index contributed by atoms with van der Waals surface area (Å²) in [6, 6.07) is 14.3. The van der Waals surface area contributed by atoms with Gasteiger partial charge in [-0.3, -0.25) is 4.99 Å². The van der Waals surface area contributed by atoms with Crippen LogP contribution in [0.15, 0.2) is 47.5 Å². The van der Waals surface area contributed by atoms with E-state index in [1.165, 1.54) is 17.7 Å². The van der Waals surface area contributed by atoms with Crippen molar-refractivity contribution in [2.24, 2.45) is 4.99 Å². The van der Waals surface area contributed by atoms with Crippen LogP contribution in [0.5, 0.6) is 0 Å². The summed E-state index contributed by atoms with van der Waals surface area (Å²) in [6.07, 6.45) is 3.09. The van der Waals surface area contributed by atoms with E-state index in [1.807, 2.05) is 30.5 Å². The van der Waals surface area contributed by atoms with E-state index in [-0.39, 0.29) is 5.54 Å². The first-order valence-corrected chi connectivity index (χ1v) is 9.00. The number of hydrogen-bond acceptors (Lipinski definition) is 2. The second-order valence-electron chi connectivity index (χ2n) is 7.22. The Balaban J connectivity index is 1.93. The molecule has 1 heterocycles. The van der Waals surface area contributed by atoms with Crippen LogP contribution in [-0.4, -0.2) is 18.3 Å². The van der Waals surface area contributed by atoms with Crippen LogP contribution in [0.2, 0.25) is 5.02 Å². The van der Waals surface area contributed by atoms with E-state index in [2.05, 4.69) is 55.8 Å². The molecule has 24 heavy (non-hydrogen) atoms. The maximum absolute atomic E-state index is 6.02. The topological polar surface area (TPSA) is 15.6 Å². The fourth-order valence-corrected chi connectivity index (χ4v) is 4.08. The van der Waals surface area contributed by atoms with Crippen molar-refractivity contribution >= 4 is 29.2 Å². The van der Waals surface area contributed by atoms with Gasteiger partial charge < -0.3 is 4.90 Å². The van der Waals surface area contributed by atoms with Crippen LogP contribution in [0.1, 0.15) is 51.2 Å². The van der Waals surface area contributed by atoms with Gasteiger partial charge in [-0.25, -0.2) is 0 Å². The van der Waals surface area contributed by atoms with Crippen LogP contribution >= 0.6 is 11.6 Å². The molecule has 0 bridgehead atoms. The molecule has 0 radical (unpaired) electrons.